The number of nitrogens with zero attached hydrogens (tertiary/aromatic N) is 7. The minimum atomic E-state index is -0.340. The number of aromatic nitrogens is 2. The molecule has 1 aromatic carbocycles. The smallest absolute Gasteiger partial charge is 0.233 e. The zero-order valence-electron chi connectivity index (χ0n) is 13.1. The Kier molecular flexibility index (Phi) is 4.61. The molecule has 4 rings (SSSR count). The van der Waals surface area contributed by atoms with Crippen molar-refractivity contribution in [3.05, 3.63) is 41.9 Å². The highest BCUT2D eigenvalue weighted by molar-refractivity contribution is 7.15. The maximum Gasteiger partial charge on any atom is 0.233 e. The minimum absolute atomic E-state index is 0. The topological polar surface area (TPSA) is 60.9 Å². The molecule has 3 aromatic rings. The van der Waals surface area contributed by atoms with Gasteiger partial charge >= 0.3 is 0 Å². The van der Waals surface area contributed by atoms with E-state index in [0.717, 1.165) is 22.0 Å². The van der Waals surface area contributed by atoms with Gasteiger partial charge in [0.1, 0.15) is 12.0 Å². The van der Waals surface area contributed by atoms with E-state index >= 15 is 0 Å². The van der Waals surface area contributed by atoms with Crippen molar-refractivity contribution in [1.29, 1.82) is 0 Å². The van der Waals surface area contributed by atoms with Crippen LogP contribution in [0.1, 0.15) is 0 Å². The first kappa shape index (κ1) is 16.6. The molecule has 1 aliphatic heterocycles. The molecule has 0 N–H and O–H groups in total. The number of azo groups is 1. The van der Waals surface area contributed by atoms with Gasteiger partial charge in [0.05, 0.1) is 0 Å². The fourth-order valence-electron chi connectivity index (χ4n) is 2.37. The van der Waals surface area contributed by atoms with Crippen LogP contribution in [0, 0.1) is 0 Å². The van der Waals surface area contributed by atoms with Crippen molar-refractivity contribution in [3.63, 3.8) is 0 Å². The number of benzene rings is 1. The lowest BCUT2D eigenvalue weighted by molar-refractivity contribution is 0.0872. The molecule has 24 heavy (non-hydrogen) atoms. The summed E-state index contributed by atoms with van der Waals surface area (Å²) in [6.07, 6.45) is 3.35. The second-order valence-corrected chi connectivity index (χ2v) is 6.05. The molecule has 0 spiro atoms. The number of imidazole rings is 1. The molecule has 1 unspecified atom stereocenters. The molecule has 0 radical (unpaired) electrons. The average molecular weight is 362 g/mol. The number of halogens is 1. The fraction of sp³-hybridized carbons (Fsp3) is 0.200. The maximum atomic E-state index is 4.69. The van der Waals surface area contributed by atoms with E-state index < -0.39 is 0 Å². The van der Waals surface area contributed by atoms with E-state index in [1.165, 1.54) is 0 Å². The van der Waals surface area contributed by atoms with Gasteiger partial charge < -0.3 is 0 Å². The molecule has 2 aromatic heterocycles. The van der Waals surface area contributed by atoms with E-state index in [0.29, 0.717) is 0 Å². The van der Waals surface area contributed by atoms with E-state index in [1.807, 2.05) is 70.4 Å². The Bertz CT molecular complexity index is 886. The molecular formula is C15H16ClN7S. The first-order chi connectivity index (χ1) is 11.2. The zero-order chi connectivity index (χ0) is 15.8. The molecule has 0 bridgehead atoms. The lowest BCUT2D eigenvalue weighted by atomic mass is 10.1. The van der Waals surface area contributed by atoms with Gasteiger partial charge in [-0.05, 0) is 0 Å². The second-order valence-electron chi connectivity index (χ2n) is 5.18. The standard InChI is InChI=1S/C15H15N7S.ClH/c1-20-10-16-14(21(20)2)19-18-13-12(11-6-4-3-5-7-11)17-15-22(13)8-9-23-15;/h3-10,14H,1-2H3;1H. The maximum absolute atomic E-state index is 4.69. The number of hydrazine groups is 1. The van der Waals surface area contributed by atoms with Crippen molar-refractivity contribution in [1.82, 2.24) is 19.4 Å². The molecule has 9 heteroatoms. The van der Waals surface area contributed by atoms with Gasteiger partial charge in [0.15, 0.2) is 10.8 Å². The molecule has 0 aliphatic carbocycles. The van der Waals surface area contributed by atoms with Crippen LogP contribution in [0.5, 0.6) is 0 Å². The molecule has 7 nitrogen and oxygen atoms in total. The molecule has 1 atom stereocenters. The number of hydrogen-bond donors (Lipinski definition) is 0. The number of fused-ring (bicyclic) bond motifs is 1. The van der Waals surface area contributed by atoms with Crippen LogP contribution in [0.2, 0.25) is 0 Å². The third-order valence-electron chi connectivity index (χ3n) is 3.74. The molecule has 0 saturated carbocycles. The largest absolute Gasteiger partial charge is 0.296 e. The molecule has 0 fully saturated rings. The molecule has 3 heterocycles. The summed E-state index contributed by atoms with van der Waals surface area (Å²) < 4.78 is 1.96. The molecular weight excluding hydrogens is 346 g/mol. The van der Waals surface area contributed by atoms with Crippen LogP contribution < -0.4 is 0 Å². The van der Waals surface area contributed by atoms with Crippen molar-refractivity contribution in [2.24, 2.45) is 15.2 Å². The summed E-state index contributed by atoms with van der Waals surface area (Å²) in [6.45, 7) is 0. The van der Waals surface area contributed by atoms with Crippen molar-refractivity contribution in [3.8, 4) is 11.3 Å². The Morgan fingerprint density at radius 2 is 1.96 bits per heavy atom. The van der Waals surface area contributed by atoms with Crippen molar-refractivity contribution in [2.45, 2.75) is 6.29 Å². The van der Waals surface area contributed by atoms with E-state index in [2.05, 4.69) is 20.2 Å². The number of aliphatic imine (C=N–C) groups is 1. The van der Waals surface area contributed by atoms with Crippen molar-refractivity contribution in [2.75, 3.05) is 14.1 Å². The quantitative estimate of drug-likeness (QED) is 0.668. The number of rotatable bonds is 3. The van der Waals surface area contributed by atoms with Crippen LogP contribution in [0.15, 0.2) is 57.1 Å². The third kappa shape index (κ3) is 2.79. The van der Waals surface area contributed by atoms with Gasteiger partial charge in [-0.1, -0.05) is 30.3 Å². The van der Waals surface area contributed by atoms with Crippen molar-refractivity contribution >= 4 is 40.9 Å². The Morgan fingerprint density at radius 1 is 1.17 bits per heavy atom. The van der Waals surface area contributed by atoms with Gasteiger partial charge in [0, 0.05) is 31.2 Å². The van der Waals surface area contributed by atoms with E-state index in [9.17, 15) is 0 Å². The predicted octanol–water partition coefficient (Wildman–Crippen LogP) is 3.67. The summed E-state index contributed by atoms with van der Waals surface area (Å²) in [7, 11) is 3.84. The number of hydrogen-bond acceptors (Lipinski definition) is 7. The van der Waals surface area contributed by atoms with Crippen LogP contribution in [-0.2, 0) is 0 Å². The highest BCUT2D eigenvalue weighted by Crippen LogP contribution is 2.33. The first-order valence-electron chi connectivity index (χ1n) is 7.15. The van der Waals surface area contributed by atoms with Gasteiger partial charge in [-0.2, -0.15) is 5.01 Å². The van der Waals surface area contributed by atoms with Crippen LogP contribution in [-0.4, -0.2) is 46.1 Å². The van der Waals surface area contributed by atoms with Gasteiger partial charge in [-0.3, -0.25) is 9.41 Å². The van der Waals surface area contributed by atoms with Gasteiger partial charge in [-0.15, -0.1) is 34.0 Å². The highest BCUT2D eigenvalue weighted by Gasteiger charge is 2.21. The Labute approximate surface area is 149 Å². The lowest BCUT2D eigenvalue weighted by Crippen LogP contribution is -2.35. The SMILES string of the molecule is CN1C=NC(N=Nc2c(-c3ccccc3)nc3sccn23)N1C.Cl. The molecule has 1 aliphatic rings. The van der Waals surface area contributed by atoms with Gasteiger partial charge in [0.2, 0.25) is 6.29 Å². The van der Waals surface area contributed by atoms with Crippen LogP contribution >= 0.6 is 23.7 Å². The van der Waals surface area contributed by atoms with Gasteiger partial charge in [0.25, 0.3) is 0 Å². The number of thiazole rings is 1. The fourth-order valence-corrected chi connectivity index (χ4v) is 3.08. The van der Waals surface area contributed by atoms with Gasteiger partial charge in [-0.25, -0.2) is 9.98 Å². The molecule has 0 amide bonds. The average Bonchev–Trinajstić information content (AvgIpc) is 3.24. The Balaban J connectivity index is 0.00000169. The summed E-state index contributed by atoms with van der Waals surface area (Å²) in [5.41, 5.74) is 1.86. The Morgan fingerprint density at radius 3 is 2.67 bits per heavy atom. The molecule has 0 saturated heterocycles. The summed E-state index contributed by atoms with van der Waals surface area (Å²) in [5, 5.41) is 14.6. The van der Waals surface area contributed by atoms with E-state index in [1.54, 1.807) is 17.7 Å². The second kappa shape index (κ2) is 6.68. The molecule has 124 valence electrons. The van der Waals surface area contributed by atoms with Crippen LogP contribution in [0.4, 0.5) is 5.82 Å². The highest BCUT2D eigenvalue weighted by atomic mass is 35.5. The summed E-state index contributed by atoms with van der Waals surface area (Å²) in [5.74, 6) is 0.727. The summed E-state index contributed by atoms with van der Waals surface area (Å²) >= 11 is 1.58. The monoisotopic (exact) mass is 361 g/mol. The lowest BCUT2D eigenvalue weighted by Gasteiger charge is -2.20. The van der Waals surface area contributed by atoms with Crippen LogP contribution in [0.3, 0.4) is 0 Å². The van der Waals surface area contributed by atoms with Crippen molar-refractivity contribution < 1.29 is 0 Å². The summed E-state index contributed by atoms with van der Waals surface area (Å²) in [4.78, 5) is 9.90. The third-order valence-corrected chi connectivity index (χ3v) is 4.50. The normalized spacial score (nSPS) is 17.9. The Hall–Kier alpha value is -2.29. The van der Waals surface area contributed by atoms with E-state index in [4.69, 9.17) is 0 Å². The summed E-state index contributed by atoms with van der Waals surface area (Å²) in [6, 6.07) is 10.0. The zero-order valence-corrected chi connectivity index (χ0v) is 14.8. The predicted molar refractivity (Wildman–Crippen MR) is 98.1 cm³/mol. The minimum Gasteiger partial charge on any atom is -0.296 e. The van der Waals surface area contributed by atoms with E-state index in [-0.39, 0.29) is 18.7 Å². The first-order valence-corrected chi connectivity index (χ1v) is 8.03. The van der Waals surface area contributed by atoms with Crippen LogP contribution in [0.25, 0.3) is 16.2 Å².